The maximum Gasteiger partial charge on any atom is 0.227 e. The molecular formula is C9H7BrFNO2. The van der Waals surface area contributed by atoms with Gasteiger partial charge in [0.15, 0.2) is 12.0 Å². The Labute approximate surface area is 88.4 Å². The highest BCUT2D eigenvalue weighted by molar-refractivity contribution is 9.10. The van der Waals surface area contributed by atoms with Crippen molar-refractivity contribution in [3.63, 3.8) is 0 Å². The van der Waals surface area contributed by atoms with Crippen molar-refractivity contribution >= 4 is 22.2 Å². The van der Waals surface area contributed by atoms with Crippen LogP contribution in [-0.4, -0.2) is 17.9 Å². The minimum Gasteiger partial charge on any atom is -0.486 e. The number of hydrogen-bond donors (Lipinski definition) is 0. The molecule has 74 valence electrons. The zero-order chi connectivity index (χ0) is 10.3. The number of fused-ring (bicyclic) bond motifs is 1. The Kier molecular flexibility index (Phi) is 2.06. The number of aldehydes is 1. The van der Waals surface area contributed by atoms with Crippen LogP contribution in [-0.2, 0) is 10.5 Å². The normalized spacial score (nSPS) is 24.2. The molecule has 1 unspecified atom stereocenters. The summed E-state index contributed by atoms with van der Waals surface area (Å²) in [7, 11) is 0. The Bertz CT molecular complexity index is 410. The van der Waals surface area contributed by atoms with E-state index in [9.17, 15) is 9.18 Å². The number of carbonyl (C=O) groups is 1. The van der Waals surface area contributed by atoms with Gasteiger partial charge in [0.2, 0.25) is 5.67 Å². The predicted molar refractivity (Wildman–Crippen MR) is 51.0 cm³/mol. The summed E-state index contributed by atoms with van der Waals surface area (Å²) in [6.07, 6.45) is 0.269. The standard InChI is InChI=1S/C9H7BrFNO2/c1-5-2-6-7(8(10)12-5)14-4-9(6,11)3-13/h2-3H,4H2,1H3. The molecule has 5 heteroatoms. The van der Waals surface area contributed by atoms with Crippen LogP contribution < -0.4 is 4.74 Å². The van der Waals surface area contributed by atoms with Crippen molar-refractivity contribution in [1.29, 1.82) is 0 Å². The number of aromatic nitrogens is 1. The van der Waals surface area contributed by atoms with Gasteiger partial charge in [0, 0.05) is 11.3 Å². The topological polar surface area (TPSA) is 39.2 Å². The fourth-order valence-electron chi connectivity index (χ4n) is 1.42. The SMILES string of the molecule is Cc1cc2c(c(Br)n1)OCC2(F)C=O. The first-order valence-electron chi connectivity index (χ1n) is 4.02. The molecule has 2 rings (SSSR count). The lowest BCUT2D eigenvalue weighted by Crippen LogP contribution is -2.23. The van der Waals surface area contributed by atoms with E-state index in [-0.39, 0.29) is 18.5 Å². The van der Waals surface area contributed by atoms with Gasteiger partial charge in [0.05, 0.1) is 0 Å². The zero-order valence-corrected chi connectivity index (χ0v) is 8.97. The van der Waals surface area contributed by atoms with E-state index in [1.54, 1.807) is 6.92 Å². The summed E-state index contributed by atoms with van der Waals surface area (Å²) in [5, 5.41) is 0. The van der Waals surface area contributed by atoms with E-state index in [4.69, 9.17) is 4.74 Å². The number of carbonyl (C=O) groups excluding carboxylic acids is 1. The van der Waals surface area contributed by atoms with Crippen LogP contribution in [0.15, 0.2) is 10.7 Å². The number of rotatable bonds is 1. The monoisotopic (exact) mass is 259 g/mol. The van der Waals surface area contributed by atoms with E-state index in [1.807, 2.05) is 0 Å². The van der Waals surface area contributed by atoms with Crippen molar-refractivity contribution in [3.05, 3.63) is 21.9 Å². The van der Waals surface area contributed by atoms with Gasteiger partial charge in [-0.25, -0.2) is 9.37 Å². The van der Waals surface area contributed by atoms with Crippen molar-refractivity contribution in [2.24, 2.45) is 0 Å². The second kappa shape index (κ2) is 3.02. The summed E-state index contributed by atoms with van der Waals surface area (Å²) in [6.45, 7) is 1.46. The van der Waals surface area contributed by atoms with Crippen LogP contribution in [0.25, 0.3) is 0 Å². The minimum atomic E-state index is -2.02. The quantitative estimate of drug-likeness (QED) is 0.572. The van der Waals surface area contributed by atoms with Gasteiger partial charge >= 0.3 is 0 Å². The highest BCUT2D eigenvalue weighted by atomic mass is 79.9. The maximum atomic E-state index is 13.9. The van der Waals surface area contributed by atoms with Crippen LogP contribution in [0.5, 0.6) is 5.75 Å². The largest absolute Gasteiger partial charge is 0.486 e. The van der Waals surface area contributed by atoms with Gasteiger partial charge in [0.1, 0.15) is 11.2 Å². The first-order chi connectivity index (χ1) is 6.57. The molecule has 1 aromatic rings. The van der Waals surface area contributed by atoms with Crippen LogP contribution in [0.1, 0.15) is 11.3 Å². The highest BCUT2D eigenvalue weighted by Crippen LogP contribution is 2.42. The second-order valence-electron chi connectivity index (χ2n) is 3.20. The van der Waals surface area contributed by atoms with Gasteiger partial charge in [-0.15, -0.1) is 0 Å². The van der Waals surface area contributed by atoms with E-state index < -0.39 is 5.67 Å². The summed E-state index contributed by atoms with van der Waals surface area (Å²) < 4.78 is 19.4. The fraction of sp³-hybridized carbons (Fsp3) is 0.333. The van der Waals surface area contributed by atoms with Crippen LogP contribution in [0.2, 0.25) is 0 Å². The molecule has 14 heavy (non-hydrogen) atoms. The molecule has 1 aliphatic rings. The molecule has 0 fully saturated rings. The minimum absolute atomic E-state index is 0.256. The molecule has 2 heterocycles. The zero-order valence-electron chi connectivity index (χ0n) is 7.38. The average molecular weight is 260 g/mol. The Morgan fingerprint density at radius 2 is 2.50 bits per heavy atom. The molecule has 0 saturated carbocycles. The molecule has 1 atom stereocenters. The molecule has 0 aromatic carbocycles. The number of ether oxygens (including phenoxy) is 1. The third-order valence-corrected chi connectivity index (χ3v) is 2.66. The molecule has 1 aromatic heterocycles. The van der Waals surface area contributed by atoms with Crippen LogP contribution in [0.4, 0.5) is 4.39 Å². The van der Waals surface area contributed by atoms with E-state index in [2.05, 4.69) is 20.9 Å². The molecule has 0 N–H and O–H groups in total. The third kappa shape index (κ3) is 1.23. The third-order valence-electron chi connectivity index (χ3n) is 2.12. The Balaban J connectivity index is 2.65. The number of halogens is 2. The number of alkyl halides is 1. The molecule has 1 aliphatic heterocycles. The summed E-state index contributed by atoms with van der Waals surface area (Å²) in [5.74, 6) is 0.324. The first-order valence-corrected chi connectivity index (χ1v) is 4.82. The van der Waals surface area contributed by atoms with E-state index >= 15 is 0 Å². The molecule has 3 nitrogen and oxygen atoms in total. The molecule has 0 saturated heterocycles. The van der Waals surface area contributed by atoms with Gasteiger partial charge in [-0.3, -0.25) is 4.79 Å². The molecule has 0 amide bonds. The fourth-order valence-corrected chi connectivity index (χ4v) is 2.03. The van der Waals surface area contributed by atoms with Gasteiger partial charge in [-0.05, 0) is 28.9 Å². The Morgan fingerprint density at radius 1 is 1.79 bits per heavy atom. The molecule has 0 radical (unpaired) electrons. The van der Waals surface area contributed by atoms with Crippen molar-refractivity contribution in [2.45, 2.75) is 12.6 Å². The number of aryl methyl sites for hydroxylation is 1. The number of nitrogens with zero attached hydrogens (tertiary/aromatic N) is 1. The van der Waals surface area contributed by atoms with Crippen LogP contribution >= 0.6 is 15.9 Å². The van der Waals surface area contributed by atoms with Crippen molar-refractivity contribution in [1.82, 2.24) is 4.98 Å². The Hall–Kier alpha value is -0.970. The number of hydrogen-bond acceptors (Lipinski definition) is 3. The average Bonchev–Trinajstić information content (AvgIpc) is 2.46. The summed E-state index contributed by atoms with van der Waals surface area (Å²) >= 11 is 3.16. The van der Waals surface area contributed by atoms with Gasteiger partial charge in [0.25, 0.3) is 0 Å². The van der Waals surface area contributed by atoms with E-state index in [0.29, 0.717) is 16.0 Å². The van der Waals surface area contributed by atoms with Crippen LogP contribution in [0, 0.1) is 6.92 Å². The van der Waals surface area contributed by atoms with Crippen molar-refractivity contribution < 1.29 is 13.9 Å². The number of pyridine rings is 1. The molecule has 0 spiro atoms. The lowest BCUT2D eigenvalue weighted by atomic mass is 10.0. The summed E-state index contributed by atoms with van der Waals surface area (Å²) in [4.78, 5) is 14.7. The maximum absolute atomic E-state index is 13.9. The van der Waals surface area contributed by atoms with Crippen LogP contribution in [0.3, 0.4) is 0 Å². The first kappa shape index (κ1) is 9.58. The molecule has 0 aliphatic carbocycles. The molecular weight excluding hydrogens is 253 g/mol. The summed E-state index contributed by atoms with van der Waals surface area (Å²) in [6, 6.07) is 1.53. The van der Waals surface area contributed by atoms with Gasteiger partial charge < -0.3 is 4.74 Å². The lowest BCUT2D eigenvalue weighted by molar-refractivity contribution is -0.118. The van der Waals surface area contributed by atoms with Crippen molar-refractivity contribution in [3.8, 4) is 5.75 Å². The van der Waals surface area contributed by atoms with E-state index in [1.165, 1.54) is 6.07 Å². The molecule has 0 bridgehead atoms. The van der Waals surface area contributed by atoms with Gasteiger partial charge in [-0.1, -0.05) is 0 Å². The van der Waals surface area contributed by atoms with Crippen molar-refractivity contribution in [2.75, 3.05) is 6.61 Å². The van der Waals surface area contributed by atoms with Gasteiger partial charge in [-0.2, -0.15) is 0 Å². The lowest BCUT2D eigenvalue weighted by Gasteiger charge is -2.09. The van der Waals surface area contributed by atoms with E-state index in [0.717, 1.165) is 0 Å². The Morgan fingerprint density at radius 3 is 3.14 bits per heavy atom. The highest BCUT2D eigenvalue weighted by Gasteiger charge is 2.42. The smallest absolute Gasteiger partial charge is 0.227 e. The summed E-state index contributed by atoms with van der Waals surface area (Å²) in [5.41, 5.74) is -1.12. The second-order valence-corrected chi connectivity index (χ2v) is 3.95. The predicted octanol–water partition coefficient (Wildman–Crippen LogP) is 1.91.